The lowest BCUT2D eigenvalue weighted by Crippen LogP contribution is -2.40. The molecule has 0 aliphatic rings. The number of nitrogens with one attached hydrogen (secondary N) is 1. The molecule has 18 heavy (non-hydrogen) atoms. The molecule has 0 fully saturated rings. The van der Waals surface area contributed by atoms with Crippen molar-refractivity contribution in [2.45, 2.75) is 47.1 Å². The normalized spacial score (nSPS) is 11.2. The number of hydrogen-bond donors (Lipinski definition) is 1. The minimum atomic E-state index is -0.226. The molecule has 3 nitrogen and oxygen atoms in total. The van der Waals surface area contributed by atoms with E-state index in [1.54, 1.807) is 0 Å². The van der Waals surface area contributed by atoms with E-state index in [2.05, 4.69) is 5.32 Å². The minimum absolute atomic E-state index is 0.0360. The minimum Gasteiger partial charge on any atom is -0.494 e. The van der Waals surface area contributed by atoms with E-state index in [1.807, 2.05) is 53.7 Å². The van der Waals surface area contributed by atoms with Gasteiger partial charge in [0.1, 0.15) is 5.75 Å². The van der Waals surface area contributed by atoms with Crippen LogP contribution >= 0.6 is 0 Å². The molecule has 0 atom stereocenters. The Morgan fingerprint density at radius 2 is 1.83 bits per heavy atom. The highest BCUT2D eigenvalue weighted by molar-refractivity contribution is 5.96. The highest BCUT2D eigenvalue weighted by Gasteiger charge is 2.18. The monoisotopic (exact) mass is 249 g/mol. The summed E-state index contributed by atoms with van der Waals surface area (Å²) < 4.78 is 5.52. The Bertz CT molecular complexity index is 445. The number of carbonyl (C=O) groups is 1. The van der Waals surface area contributed by atoms with Crippen molar-refractivity contribution in [1.82, 2.24) is 5.32 Å². The van der Waals surface area contributed by atoms with Crippen LogP contribution in [0.1, 0.15) is 49.2 Å². The van der Waals surface area contributed by atoms with Gasteiger partial charge >= 0.3 is 0 Å². The predicted molar refractivity (Wildman–Crippen MR) is 74.3 cm³/mol. The molecule has 0 unspecified atom stereocenters. The van der Waals surface area contributed by atoms with E-state index in [1.165, 1.54) is 0 Å². The molecule has 0 heterocycles. The fraction of sp³-hybridized carbons (Fsp3) is 0.533. The lowest BCUT2D eigenvalue weighted by Gasteiger charge is -2.21. The van der Waals surface area contributed by atoms with Gasteiger partial charge in [-0.15, -0.1) is 0 Å². The molecular weight excluding hydrogens is 226 g/mol. The Balaban J connectivity index is 3.04. The van der Waals surface area contributed by atoms with Crippen LogP contribution in [0.5, 0.6) is 5.75 Å². The van der Waals surface area contributed by atoms with Gasteiger partial charge in [0, 0.05) is 11.1 Å². The molecule has 0 aliphatic carbocycles. The summed E-state index contributed by atoms with van der Waals surface area (Å²) in [4.78, 5) is 12.2. The average Bonchev–Trinajstić information content (AvgIpc) is 2.20. The first kappa shape index (κ1) is 14.6. The summed E-state index contributed by atoms with van der Waals surface area (Å²) in [5.74, 6) is 0.813. The van der Waals surface area contributed by atoms with Crippen molar-refractivity contribution in [3.05, 3.63) is 28.8 Å². The maximum absolute atomic E-state index is 12.2. The maximum atomic E-state index is 12.2. The van der Waals surface area contributed by atoms with Gasteiger partial charge in [-0.1, -0.05) is 0 Å². The molecular formula is C15H23NO2. The first-order chi connectivity index (χ1) is 8.24. The number of hydrogen-bond acceptors (Lipinski definition) is 2. The summed E-state index contributed by atoms with van der Waals surface area (Å²) >= 11 is 0. The summed E-state index contributed by atoms with van der Waals surface area (Å²) in [6.45, 7) is 12.4. The Morgan fingerprint density at radius 1 is 1.22 bits per heavy atom. The third-order valence-electron chi connectivity index (χ3n) is 2.55. The zero-order chi connectivity index (χ0) is 13.9. The zero-order valence-electron chi connectivity index (χ0n) is 12.2. The van der Waals surface area contributed by atoms with Gasteiger partial charge in [-0.2, -0.15) is 0 Å². The molecule has 100 valence electrons. The van der Waals surface area contributed by atoms with Gasteiger partial charge in [0.2, 0.25) is 0 Å². The molecule has 0 saturated heterocycles. The number of rotatable bonds is 3. The number of aryl methyl sites for hydroxylation is 2. The third-order valence-corrected chi connectivity index (χ3v) is 2.55. The molecule has 0 saturated carbocycles. The van der Waals surface area contributed by atoms with Crippen molar-refractivity contribution < 1.29 is 9.53 Å². The topological polar surface area (TPSA) is 38.3 Å². The summed E-state index contributed by atoms with van der Waals surface area (Å²) in [7, 11) is 0. The number of ether oxygens (including phenoxy) is 1. The van der Waals surface area contributed by atoms with E-state index in [-0.39, 0.29) is 11.4 Å². The average molecular weight is 249 g/mol. The molecule has 0 aliphatic heterocycles. The fourth-order valence-corrected chi connectivity index (χ4v) is 1.75. The van der Waals surface area contributed by atoms with Gasteiger partial charge in [0.05, 0.1) is 6.61 Å². The fourth-order valence-electron chi connectivity index (χ4n) is 1.75. The van der Waals surface area contributed by atoms with Crippen LogP contribution in [0.15, 0.2) is 12.1 Å². The Labute approximate surface area is 110 Å². The molecule has 0 radical (unpaired) electrons. The summed E-state index contributed by atoms with van der Waals surface area (Å²) in [6.07, 6.45) is 0. The molecule has 0 aromatic heterocycles. The number of benzene rings is 1. The quantitative estimate of drug-likeness (QED) is 0.893. The summed E-state index contributed by atoms with van der Waals surface area (Å²) in [5.41, 5.74) is 2.41. The molecule has 0 spiro atoms. The van der Waals surface area contributed by atoms with Crippen molar-refractivity contribution in [3.8, 4) is 5.75 Å². The van der Waals surface area contributed by atoms with Gasteiger partial charge in [-0.25, -0.2) is 0 Å². The second-order valence-electron chi connectivity index (χ2n) is 5.57. The maximum Gasteiger partial charge on any atom is 0.251 e. The highest BCUT2D eigenvalue weighted by atomic mass is 16.5. The smallest absolute Gasteiger partial charge is 0.251 e. The van der Waals surface area contributed by atoms with Crippen molar-refractivity contribution in [1.29, 1.82) is 0 Å². The van der Waals surface area contributed by atoms with Crippen LogP contribution < -0.4 is 10.1 Å². The lowest BCUT2D eigenvalue weighted by atomic mass is 10.0. The Hall–Kier alpha value is -1.51. The SMILES string of the molecule is CCOc1cc(C)c(C(=O)NC(C)(C)C)cc1C. The number of amides is 1. The van der Waals surface area contributed by atoms with Gasteiger partial charge in [0.25, 0.3) is 5.91 Å². The number of carbonyl (C=O) groups excluding carboxylic acids is 1. The second kappa shape index (κ2) is 5.42. The first-order valence-corrected chi connectivity index (χ1v) is 6.31. The Kier molecular flexibility index (Phi) is 4.38. The molecule has 1 aromatic rings. The van der Waals surface area contributed by atoms with Crippen LogP contribution in [0.4, 0.5) is 0 Å². The third kappa shape index (κ3) is 3.76. The van der Waals surface area contributed by atoms with Crippen LogP contribution in [-0.4, -0.2) is 18.1 Å². The van der Waals surface area contributed by atoms with Gasteiger partial charge in [-0.3, -0.25) is 4.79 Å². The summed E-state index contributed by atoms with van der Waals surface area (Å²) in [6, 6.07) is 3.82. The van der Waals surface area contributed by atoms with Crippen molar-refractivity contribution >= 4 is 5.91 Å². The molecule has 1 rings (SSSR count). The van der Waals surface area contributed by atoms with E-state index in [4.69, 9.17) is 4.74 Å². The molecule has 1 amide bonds. The molecule has 3 heteroatoms. The van der Waals surface area contributed by atoms with Crippen LogP contribution in [-0.2, 0) is 0 Å². The molecule has 0 bridgehead atoms. The van der Waals surface area contributed by atoms with Crippen molar-refractivity contribution in [3.63, 3.8) is 0 Å². The molecule has 1 aromatic carbocycles. The highest BCUT2D eigenvalue weighted by Crippen LogP contribution is 2.23. The zero-order valence-corrected chi connectivity index (χ0v) is 12.2. The standard InChI is InChI=1S/C15H23NO2/c1-7-18-13-9-10(2)12(8-11(13)3)14(17)16-15(4,5)6/h8-9H,7H2,1-6H3,(H,16,17). The van der Waals surface area contributed by atoms with Crippen LogP contribution in [0.25, 0.3) is 0 Å². The van der Waals surface area contributed by atoms with Crippen LogP contribution in [0.2, 0.25) is 0 Å². The van der Waals surface area contributed by atoms with Gasteiger partial charge < -0.3 is 10.1 Å². The lowest BCUT2D eigenvalue weighted by molar-refractivity contribution is 0.0919. The Morgan fingerprint density at radius 3 is 2.33 bits per heavy atom. The summed E-state index contributed by atoms with van der Waals surface area (Å²) in [5, 5.41) is 2.98. The van der Waals surface area contributed by atoms with Crippen LogP contribution in [0, 0.1) is 13.8 Å². The van der Waals surface area contributed by atoms with Crippen molar-refractivity contribution in [2.75, 3.05) is 6.61 Å². The van der Waals surface area contributed by atoms with Crippen molar-refractivity contribution in [2.24, 2.45) is 0 Å². The van der Waals surface area contributed by atoms with E-state index < -0.39 is 0 Å². The van der Waals surface area contributed by atoms with Gasteiger partial charge in [0.15, 0.2) is 0 Å². The van der Waals surface area contributed by atoms with Gasteiger partial charge in [-0.05, 0) is 64.8 Å². The predicted octanol–water partition coefficient (Wildman–Crippen LogP) is 3.23. The van der Waals surface area contributed by atoms with E-state index in [0.717, 1.165) is 16.9 Å². The molecule has 1 N–H and O–H groups in total. The van der Waals surface area contributed by atoms with Crippen LogP contribution in [0.3, 0.4) is 0 Å². The first-order valence-electron chi connectivity index (χ1n) is 6.31. The van der Waals surface area contributed by atoms with E-state index in [9.17, 15) is 4.79 Å². The van der Waals surface area contributed by atoms with E-state index in [0.29, 0.717) is 12.2 Å². The second-order valence-corrected chi connectivity index (χ2v) is 5.57. The largest absolute Gasteiger partial charge is 0.494 e. The van der Waals surface area contributed by atoms with E-state index >= 15 is 0 Å².